The lowest BCUT2D eigenvalue weighted by Crippen LogP contribution is -2.67. The first-order chi connectivity index (χ1) is 12.2. The van der Waals surface area contributed by atoms with E-state index in [0.29, 0.717) is 12.3 Å². The summed E-state index contributed by atoms with van der Waals surface area (Å²) in [6.45, 7) is 8.78. The summed E-state index contributed by atoms with van der Waals surface area (Å²) in [5.74, 6) is 0.636. The normalized spacial score (nSPS) is 59.6. The molecule has 5 aliphatic rings. The van der Waals surface area contributed by atoms with Gasteiger partial charge in [-0.05, 0) is 49.9 Å². The van der Waals surface area contributed by atoms with Crippen LogP contribution >= 0.6 is 0 Å². The SMILES string of the molecule is COC(=O)[C@]1(C)CCC[C@]2(C)[C@H]3C[C@@H]4O[C@@]3([C@H](O)C[C@H]21)[C@H]1O[C@@]41C(C)C. The molecular formula is C21H32O5. The van der Waals surface area contributed by atoms with Crippen molar-refractivity contribution in [1.82, 2.24) is 0 Å². The van der Waals surface area contributed by atoms with Crippen LogP contribution in [-0.4, -0.2) is 47.7 Å². The number of carbonyl (C=O) groups excluding carboxylic acids is 1. The molecule has 5 fully saturated rings. The van der Waals surface area contributed by atoms with Crippen LogP contribution in [0.25, 0.3) is 0 Å². The van der Waals surface area contributed by atoms with Gasteiger partial charge in [0.05, 0.1) is 24.7 Å². The molecule has 5 heteroatoms. The summed E-state index contributed by atoms with van der Waals surface area (Å²) in [7, 11) is 1.48. The van der Waals surface area contributed by atoms with Crippen molar-refractivity contribution >= 4 is 5.97 Å². The van der Waals surface area contributed by atoms with Gasteiger partial charge in [0, 0.05) is 5.92 Å². The number of hydrogen-bond donors (Lipinski definition) is 1. The highest BCUT2D eigenvalue weighted by atomic mass is 16.7. The largest absolute Gasteiger partial charge is 0.469 e. The minimum Gasteiger partial charge on any atom is -0.469 e. The highest BCUT2D eigenvalue weighted by molar-refractivity contribution is 5.77. The van der Waals surface area contributed by atoms with E-state index in [1.54, 1.807) is 0 Å². The van der Waals surface area contributed by atoms with Crippen LogP contribution < -0.4 is 0 Å². The molecule has 3 aliphatic heterocycles. The fraction of sp³-hybridized carbons (Fsp3) is 0.952. The van der Waals surface area contributed by atoms with Crippen LogP contribution in [0.1, 0.15) is 59.8 Å². The van der Waals surface area contributed by atoms with Crippen molar-refractivity contribution < 1.29 is 24.1 Å². The molecule has 0 aromatic heterocycles. The topological polar surface area (TPSA) is 68.3 Å². The molecule has 5 rings (SSSR count). The van der Waals surface area contributed by atoms with Gasteiger partial charge in [-0.2, -0.15) is 0 Å². The lowest BCUT2D eigenvalue weighted by Gasteiger charge is -2.61. The van der Waals surface area contributed by atoms with Gasteiger partial charge in [0.25, 0.3) is 0 Å². The Hall–Kier alpha value is -0.650. The standard InChI is InChI=1S/C21H32O5/c1-11(2)20-15-10-13-18(3)7-6-8-19(4,17(23)24-5)12(18)9-14(22)21(13,25-15)16(20)26-20/h11-16,22H,6-10H2,1-5H3/t12-,13-,14-,15+,16+,18+,19-,20+,21+/m1/s1. The first-order valence-corrected chi connectivity index (χ1v) is 10.3. The lowest BCUT2D eigenvalue weighted by atomic mass is 9.42. The summed E-state index contributed by atoms with van der Waals surface area (Å²) in [5.41, 5.74) is -1.31. The van der Waals surface area contributed by atoms with Gasteiger partial charge in [0.2, 0.25) is 0 Å². The third-order valence-electron chi connectivity index (χ3n) is 9.23. The third-order valence-corrected chi connectivity index (χ3v) is 9.23. The Morgan fingerprint density at radius 3 is 2.54 bits per heavy atom. The zero-order valence-corrected chi connectivity index (χ0v) is 16.6. The summed E-state index contributed by atoms with van der Waals surface area (Å²) in [4.78, 5) is 12.7. The summed E-state index contributed by atoms with van der Waals surface area (Å²) >= 11 is 0. The Morgan fingerprint density at radius 2 is 1.88 bits per heavy atom. The van der Waals surface area contributed by atoms with Crippen LogP contribution in [0.2, 0.25) is 0 Å². The van der Waals surface area contributed by atoms with Crippen molar-refractivity contribution in [3.63, 3.8) is 0 Å². The molecule has 146 valence electrons. The molecule has 26 heavy (non-hydrogen) atoms. The average molecular weight is 364 g/mol. The average Bonchev–Trinajstić information content (AvgIpc) is 3.18. The number of hydrogen-bond acceptors (Lipinski definition) is 5. The molecule has 0 unspecified atom stereocenters. The van der Waals surface area contributed by atoms with Crippen LogP contribution in [0.5, 0.6) is 0 Å². The second kappa shape index (κ2) is 4.84. The molecule has 3 saturated heterocycles. The summed E-state index contributed by atoms with van der Waals surface area (Å²) in [6, 6.07) is 0. The number of carbonyl (C=O) groups is 1. The number of ether oxygens (including phenoxy) is 3. The number of aliphatic hydroxyl groups is 1. The second-order valence-corrected chi connectivity index (χ2v) is 10.3. The van der Waals surface area contributed by atoms with Crippen LogP contribution in [0, 0.1) is 28.6 Å². The minimum atomic E-state index is -0.578. The van der Waals surface area contributed by atoms with E-state index in [-0.39, 0.29) is 41.0 Å². The molecule has 0 aromatic rings. The molecule has 0 aromatic carbocycles. The van der Waals surface area contributed by atoms with E-state index in [0.717, 1.165) is 25.7 Å². The minimum absolute atomic E-state index is 0.0119. The van der Waals surface area contributed by atoms with E-state index < -0.39 is 17.1 Å². The van der Waals surface area contributed by atoms with Crippen LogP contribution in [-0.2, 0) is 19.0 Å². The molecule has 0 radical (unpaired) electrons. The number of fused-ring (bicyclic) bond motifs is 5. The predicted molar refractivity (Wildman–Crippen MR) is 94.3 cm³/mol. The maximum atomic E-state index is 12.7. The highest BCUT2D eigenvalue weighted by Gasteiger charge is 2.87. The maximum Gasteiger partial charge on any atom is 0.311 e. The van der Waals surface area contributed by atoms with Gasteiger partial charge < -0.3 is 19.3 Å². The van der Waals surface area contributed by atoms with Crippen LogP contribution in [0.4, 0.5) is 0 Å². The monoisotopic (exact) mass is 364 g/mol. The predicted octanol–water partition coefficient (Wildman–Crippen LogP) is 2.69. The van der Waals surface area contributed by atoms with Gasteiger partial charge in [-0.3, -0.25) is 4.79 Å². The van der Waals surface area contributed by atoms with Gasteiger partial charge in [-0.15, -0.1) is 0 Å². The smallest absolute Gasteiger partial charge is 0.311 e. The van der Waals surface area contributed by atoms with Crippen molar-refractivity contribution in [1.29, 1.82) is 0 Å². The molecule has 1 spiro atoms. The second-order valence-electron chi connectivity index (χ2n) is 10.3. The molecule has 1 N–H and O–H groups in total. The quantitative estimate of drug-likeness (QED) is 0.603. The fourth-order valence-electron chi connectivity index (χ4n) is 7.98. The Balaban J connectivity index is 1.57. The van der Waals surface area contributed by atoms with Gasteiger partial charge in [0.15, 0.2) is 0 Å². The summed E-state index contributed by atoms with van der Waals surface area (Å²) in [6.07, 6.45) is 3.99. The number of rotatable bonds is 2. The molecular weight excluding hydrogens is 332 g/mol. The number of methoxy groups -OCH3 is 1. The molecule has 5 nitrogen and oxygen atoms in total. The number of epoxide rings is 1. The van der Waals surface area contributed by atoms with Gasteiger partial charge in [-0.1, -0.05) is 27.2 Å². The van der Waals surface area contributed by atoms with E-state index in [1.807, 2.05) is 6.92 Å². The van der Waals surface area contributed by atoms with Gasteiger partial charge in [0.1, 0.15) is 17.3 Å². The van der Waals surface area contributed by atoms with E-state index in [1.165, 1.54) is 7.11 Å². The maximum absolute atomic E-state index is 12.7. The number of esters is 1. The number of aliphatic hydroxyl groups excluding tert-OH is 1. The molecule has 2 aliphatic carbocycles. The first-order valence-electron chi connectivity index (χ1n) is 10.3. The molecule has 3 heterocycles. The van der Waals surface area contributed by atoms with E-state index in [2.05, 4.69) is 20.8 Å². The summed E-state index contributed by atoms with van der Waals surface area (Å²) in [5, 5.41) is 11.3. The van der Waals surface area contributed by atoms with Gasteiger partial charge in [-0.25, -0.2) is 0 Å². The Labute approximate surface area is 155 Å². The molecule has 2 bridgehead atoms. The zero-order chi connectivity index (χ0) is 18.7. The Morgan fingerprint density at radius 1 is 1.15 bits per heavy atom. The highest BCUT2D eigenvalue weighted by Crippen LogP contribution is 2.76. The third kappa shape index (κ3) is 1.60. The van der Waals surface area contributed by atoms with Gasteiger partial charge >= 0.3 is 5.97 Å². The Bertz CT molecular complexity index is 663. The van der Waals surface area contributed by atoms with Crippen molar-refractivity contribution in [2.45, 2.75) is 89.3 Å². The summed E-state index contributed by atoms with van der Waals surface area (Å²) < 4.78 is 18.1. The zero-order valence-electron chi connectivity index (χ0n) is 16.6. The van der Waals surface area contributed by atoms with E-state index in [4.69, 9.17) is 14.2 Å². The lowest BCUT2D eigenvalue weighted by molar-refractivity contribution is -0.227. The molecule has 2 saturated carbocycles. The van der Waals surface area contributed by atoms with E-state index >= 15 is 0 Å². The van der Waals surface area contributed by atoms with Crippen LogP contribution in [0.15, 0.2) is 0 Å². The van der Waals surface area contributed by atoms with Crippen LogP contribution in [0.3, 0.4) is 0 Å². The van der Waals surface area contributed by atoms with Crippen molar-refractivity contribution in [2.75, 3.05) is 7.11 Å². The fourth-order valence-corrected chi connectivity index (χ4v) is 7.98. The molecule has 9 atom stereocenters. The molecule has 0 amide bonds. The van der Waals surface area contributed by atoms with Crippen molar-refractivity contribution in [3.05, 3.63) is 0 Å². The Kier molecular flexibility index (Phi) is 3.25. The first kappa shape index (κ1) is 17.4. The van der Waals surface area contributed by atoms with E-state index in [9.17, 15) is 9.90 Å². The van der Waals surface area contributed by atoms with Crippen molar-refractivity contribution in [3.8, 4) is 0 Å². The van der Waals surface area contributed by atoms with Crippen molar-refractivity contribution in [2.24, 2.45) is 28.6 Å².